The van der Waals surface area contributed by atoms with Crippen molar-refractivity contribution in [2.45, 2.75) is 5.50 Å². The Hall–Kier alpha value is -0.910. The van der Waals surface area contributed by atoms with Crippen LogP contribution >= 0.6 is 35.1 Å². The van der Waals surface area contributed by atoms with Gasteiger partial charge in [-0.1, -0.05) is 29.3 Å². The highest BCUT2D eigenvalue weighted by Crippen LogP contribution is 2.43. The zero-order chi connectivity index (χ0) is 11.7. The molecule has 0 radical (unpaired) electrons. The van der Waals surface area contributed by atoms with Gasteiger partial charge in [-0.2, -0.15) is 0 Å². The number of rotatable bonds is 2. The van der Waals surface area contributed by atoms with Crippen LogP contribution in [0.1, 0.15) is 0 Å². The SMILES string of the molecule is O=C(O)C1=C(Cl)C(Cl)N(c2ccccn2)S1. The summed E-state index contributed by atoms with van der Waals surface area (Å²) >= 11 is 12.8. The number of alkyl halides is 1. The van der Waals surface area contributed by atoms with Crippen molar-refractivity contribution in [3.8, 4) is 0 Å². The van der Waals surface area contributed by atoms with Crippen LogP contribution in [0.25, 0.3) is 0 Å². The molecule has 0 aromatic carbocycles. The highest BCUT2D eigenvalue weighted by Gasteiger charge is 2.35. The predicted octanol–water partition coefficient (Wildman–Crippen LogP) is 2.65. The Labute approximate surface area is 106 Å². The Morgan fingerprint density at radius 1 is 1.56 bits per heavy atom. The van der Waals surface area contributed by atoms with Crippen LogP contribution in [0, 0.1) is 0 Å². The van der Waals surface area contributed by atoms with Crippen LogP contribution in [0.15, 0.2) is 34.3 Å². The van der Waals surface area contributed by atoms with Gasteiger partial charge in [-0.05, 0) is 24.1 Å². The average Bonchev–Trinajstić information content (AvgIpc) is 2.58. The highest BCUT2D eigenvalue weighted by atomic mass is 35.5. The third-order valence-corrected chi connectivity index (χ3v) is 4.21. The van der Waals surface area contributed by atoms with E-state index in [2.05, 4.69) is 4.98 Å². The summed E-state index contributed by atoms with van der Waals surface area (Å²) in [7, 11) is 0. The number of nitrogens with zero attached hydrogens (tertiary/aromatic N) is 2. The van der Waals surface area contributed by atoms with Crippen LogP contribution in [0.3, 0.4) is 0 Å². The fraction of sp³-hybridized carbons (Fsp3) is 0.111. The lowest BCUT2D eigenvalue weighted by Gasteiger charge is -2.19. The molecule has 0 bridgehead atoms. The van der Waals surface area contributed by atoms with E-state index < -0.39 is 11.5 Å². The monoisotopic (exact) mass is 276 g/mol. The van der Waals surface area contributed by atoms with Crippen molar-refractivity contribution in [3.05, 3.63) is 34.3 Å². The van der Waals surface area contributed by atoms with E-state index in [4.69, 9.17) is 28.3 Å². The minimum absolute atomic E-state index is 0.0346. The first-order chi connectivity index (χ1) is 7.61. The lowest BCUT2D eigenvalue weighted by molar-refractivity contribution is -0.131. The van der Waals surface area contributed by atoms with E-state index in [-0.39, 0.29) is 9.94 Å². The van der Waals surface area contributed by atoms with E-state index in [0.29, 0.717) is 5.82 Å². The molecule has 1 unspecified atom stereocenters. The van der Waals surface area contributed by atoms with Gasteiger partial charge in [0.15, 0.2) is 5.50 Å². The fourth-order valence-electron chi connectivity index (χ4n) is 1.19. The summed E-state index contributed by atoms with van der Waals surface area (Å²) < 4.78 is 1.55. The molecule has 0 saturated heterocycles. The summed E-state index contributed by atoms with van der Waals surface area (Å²) in [5.41, 5.74) is -0.701. The molecule has 1 N–H and O–H groups in total. The van der Waals surface area contributed by atoms with Gasteiger partial charge in [0.2, 0.25) is 0 Å². The molecule has 0 fully saturated rings. The first kappa shape index (κ1) is 11.6. The van der Waals surface area contributed by atoms with Gasteiger partial charge < -0.3 is 5.11 Å². The fourth-order valence-corrected chi connectivity index (χ4v) is 2.79. The van der Waals surface area contributed by atoms with Gasteiger partial charge in [0, 0.05) is 6.20 Å². The molecule has 0 saturated carbocycles. The molecule has 84 valence electrons. The molecule has 0 amide bonds. The van der Waals surface area contributed by atoms with Crippen molar-refractivity contribution in [1.29, 1.82) is 0 Å². The first-order valence-electron chi connectivity index (χ1n) is 4.26. The molecule has 1 aliphatic rings. The molecular weight excluding hydrogens is 271 g/mol. The van der Waals surface area contributed by atoms with Crippen LogP contribution in [0.2, 0.25) is 0 Å². The summed E-state index contributed by atoms with van der Waals surface area (Å²) in [6.45, 7) is 0. The molecule has 0 aliphatic carbocycles. The van der Waals surface area contributed by atoms with Crippen LogP contribution in [0.5, 0.6) is 0 Å². The summed E-state index contributed by atoms with van der Waals surface area (Å²) in [4.78, 5) is 15.0. The normalized spacial score (nSPS) is 20.4. The van der Waals surface area contributed by atoms with Crippen LogP contribution in [-0.4, -0.2) is 21.6 Å². The number of halogens is 2. The number of carbonyl (C=O) groups is 1. The van der Waals surface area contributed by atoms with E-state index in [1.54, 1.807) is 28.7 Å². The van der Waals surface area contributed by atoms with E-state index in [1.807, 2.05) is 0 Å². The minimum Gasteiger partial charge on any atom is -0.477 e. The molecule has 7 heteroatoms. The van der Waals surface area contributed by atoms with Gasteiger partial charge in [0.1, 0.15) is 10.7 Å². The molecule has 0 spiro atoms. The number of carboxylic acid groups (broad SMARTS) is 1. The van der Waals surface area contributed by atoms with Gasteiger partial charge in [-0.15, -0.1) is 0 Å². The molecule has 2 heterocycles. The molecule has 1 aromatic heterocycles. The Kier molecular flexibility index (Phi) is 3.28. The highest BCUT2D eigenvalue weighted by molar-refractivity contribution is 8.05. The summed E-state index contributed by atoms with van der Waals surface area (Å²) in [6, 6.07) is 5.29. The van der Waals surface area contributed by atoms with Crippen molar-refractivity contribution < 1.29 is 9.90 Å². The van der Waals surface area contributed by atoms with E-state index in [9.17, 15) is 4.79 Å². The average molecular weight is 277 g/mol. The molecule has 16 heavy (non-hydrogen) atoms. The summed E-state index contributed by atoms with van der Waals surface area (Å²) in [5.74, 6) is -0.513. The van der Waals surface area contributed by atoms with Gasteiger partial charge in [-0.25, -0.2) is 9.78 Å². The Morgan fingerprint density at radius 3 is 2.81 bits per heavy atom. The number of anilines is 1. The Morgan fingerprint density at radius 2 is 2.31 bits per heavy atom. The molecular formula is C9H6Cl2N2O2S. The van der Waals surface area contributed by atoms with Gasteiger partial charge in [-0.3, -0.25) is 4.31 Å². The number of pyridine rings is 1. The van der Waals surface area contributed by atoms with Gasteiger partial charge >= 0.3 is 5.97 Å². The second kappa shape index (κ2) is 4.53. The maximum absolute atomic E-state index is 10.9. The Balaban J connectivity index is 2.28. The van der Waals surface area contributed by atoms with Crippen molar-refractivity contribution >= 4 is 46.9 Å². The summed E-state index contributed by atoms with van der Waals surface area (Å²) in [6.07, 6.45) is 1.60. The van der Waals surface area contributed by atoms with E-state index in [0.717, 1.165) is 11.9 Å². The van der Waals surface area contributed by atoms with Gasteiger partial charge in [0.25, 0.3) is 0 Å². The number of carboxylic acids is 1. The molecule has 1 aromatic rings. The third kappa shape index (κ3) is 1.98. The van der Waals surface area contributed by atoms with Crippen LogP contribution < -0.4 is 4.31 Å². The van der Waals surface area contributed by atoms with Crippen molar-refractivity contribution in [2.24, 2.45) is 0 Å². The second-order valence-electron chi connectivity index (χ2n) is 2.92. The maximum atomic E-state index is 10.9. The summed E-state index contributed by atoms with van der Waals surface area (Å²) in [5, 5.41) is 9.01. The topological polar surface area (TPSA) is 53.4 Å². The second-order valence-corrected chi connectivity index (χ2v) is 4.73. The Bertz CT molecular complexity index is 452. The van der Waals surface area contributed by atoms with Crippen LogP contribution in [-0.2, 0) is 4.79 Å². The smallest absolute Gasteiger partial charge is 0.345 e. The standard InChI is InChI=1S/C9H6Cl2N2O2S/c10-6-7(9(14)15)16-13(8(6)11)5-3-1-2-4-12-5/h1-4,8H,(H,14,15). The van der Waals surface area contributed by atoms with Crippen LogP contribution in [0.4, 0.5) is 5.82 Å². The van der Waals surface area contributed by atoms with E-state index in [1.165, 1.54) is 0 Å². The molecule has 1 atom stereocenters. The molecule has 1 aliphatic heterocycles. The van der Waals surface area contributed by atoms with Gasteiger partial charge in [0.05, 0.1) is 5.03 Å². The lowest BCUT2D eigenvalue weighted by Crippen LogP contribution is -2.20. The van der Waals surface area contributed by atoms with Crippen molar-refractivity contribution in [2.75, 3.05) is 4.31 Å². The number of hydrogen-bond donors (Lipinski definition) is 1. The van der Waals surface area contributed by atoms with Crippen molar-refractivity contribution in [1.82, 2.24) is 4.98 Å². The maximum Gasteiger partial charge on any atom is 0.345 e. The molecule has 4 nitrogen and oxygen atoms in total. The number of hydrogen-bond acceptors (Lipinski definition) is 4. The molecule has 2 rings (SSSR count). The zero-order valence-electron chi connectivity index (χ0n) is 7.80. The quantitative estimate of drug-likeness (QED) is 0.511. The number of aromatic nitrogens is 1. The predicted molar refractivity (Wildman–Crippen MR) is 64.5 cm³/mol. The minimum atomic E-state index is -1.08. The number of aliphatic carboxylic acids is 1. The van der Waals surface area contributed by atoms with Crippen molar-refractivity contribution in [3.63, 3.8) is 0 Å². The van der Waals surface area contributed by atoms with E-state index >= 15 is 0 Å². The third-order valence-electron chi connectivity index (χ3n) is 1.89. The zero-order valence-corrected chi connectivity index (χ0v) is 10.1. The lowest BCUT2D eigenvalue weighted by atomic mass is 10.4. The largest absolute Gasteiger partial charge is 0.477 e. The first-order valence-corrected chi connectivity index (χ1v) is 5.85.